The third-order valence-corrected chi connectivity index (χ3v) is 2.85. The number of nitrogens with zero attached hydrogens (tertiary/aromatic N) is 1. The van der Waals surface area contributed by atoms with Crippen LogP contribution in [0.25, 0.3) is 0 Å². The Hall–Kier alpha value is -0.570. The van der Waals surface area contributed by atoms with Gasteiger partial charge in [0.1, 0.15) is 0 Å². The summed E-state index contributed by atoms with van der Waals surface area (Å²) in [6.07, 6.45) is 4.97. The maximum Gasteiger partial charge on any atom is 0.236 e. The van der Waals surface area contributed by atoms with Crippen molar-refractivity contribution in [1.29, 1.82) is 0 Å². The van der Waals surface area contributed by atoms with Crippen molar-refractivity contribution in [2.75, 3.05) is 19.6 Å². The molecule has 2 heterocycles. The fourth-order valence-corrected chi connectivity index (χ4v) is 2.17. The lowest BCUT2D eigenvalue weighted by molar-refractivity contribution is -0.134. The topological polar surface area (TPSA) is 32.3 Å². The van der Waals surface area contributed by atoms with Crippen molar-refractivity contribution in [3.05, 3.63) is 0 Å². The van der Waals surface area contributed by atoms with Crippen molar-refractivity contribution in [2.24, 2.45) is 0 Å². The van der Waals surface area contributed by atoms with Gasteiger partial charge in [-0.1, -0.05) is 12.8 Å². The van der Waals surface area contributed by atoms with Crippen LogP contribution in [0.15, 0.2) is 0 Å². The summed E-state index contributed by atoms with van der Waals surface area (Å²) in [6.45, 7) is 2.55. The van der Waals surface area contributed by atoms with Gasteiger partial charge in [-0.25, -0.2) is 0 Å². The van der Waals surface area contributed by atoms with E-state index in [0.29, 0.717) is 18.5 Å². The number of piperazine rings is 1. The molecule has 68 valence electrons. The molecule has 1 atom stereocenters. The molecule has 0 spiro atoms. The van der Waals surface area contributed by atoms with Crippen LogP contribution in [-0.4, -0.2) is 36.5 Å². The Balaban J connectivity index is 2.05. The van der Waals surface area contributed by atoms with Crippen LogP contribution in [0.2, 0.25) is 0 Å². The predicted molar refractivity (Wildman–Crippen MR) is 46.8 cm³/mol. The Kier molecular flexibility index (Phi) is 2.30. The van der Waals surface area contributed by atoms with Gasteiger partial charge in [-0.15, -0.1) is 0 Å². The molecule has 1 N–H and O–H groups in total. The summed E-state index contributed by atoms with van der Waals surface area (Å²) in [5, 5.41) is 3.17. The van der Waals surface area contributed by atoms with E-state index in [0.717, 1.165) is 13.1 Å². The van der Waals surface area contributed by atoms with E-state index >= 15 is 0 Å². The molecule has 0 saturated carbocycles. The van der Waals surface area contributed by atoms with E-state index in [1.165, 1.54) is 25.7 Å². The van der Waals surface area contributed by atoms with E-state index in [9.17, 15) is 4.79 Å². The van der Waals surface area contributed by atoms with Crippen LogP contribution in [0.5, 0.6) is 0 Å². The Morgan fingerprint density at radius 2 is 2.25 bits per heavy atom. The van der Waals surface area contributed by atoms with Crippen LogP contribution >= 0.6 is 0 Å². The van der Waals surface area contributed by atoms with E-state index < -0.39 is 0 Å². The number of hydrogen-bond donors (Lipinski definition) is 1. The first-order valence-electron chi connectivity index (χ1n) is 4.88. The molecule has 1 unspecified atom stereocenters. The first kappa shape index (κ1) is 8.05. The van der Waals surface area contributed by atoms with Crippen molar-refractivity contribution >= 4 is 5.91 Å². The average molecular weight is 168 g/mol. The highest BCUT2D eigenvalue weighted by molar-refractivity contribution is 5.79. The maximum atomic E-state index is 11.4. The molecule has 2 saturated heterocycles. The summed E-state index contributed by atoms with van der Waals surface area (Å²) in [5.41, 5.74) is 0. The van der Waals surface area contributed by atoms with Gasteiger partial charge in [0.25, 0.3) is 0 Å². The number of amides is 1. The zero-order chi connectivity index (χ0) is 8.39. The summed E-state index contributed by atoms with van der Waals surface area (Å²) >= 11 is 0. The van der Waals surface area contributed by atoms with Gasteiger partial charge in [0.15, 0.2) is 0 Å². The van der Waals surface area contributed by atoms with Gasteiger partial charge in [0.2, 0.25) is 5.91 Å². The number of fused-ring (bicyclic) bond motifs is 1. The molecule has 0 aromatic rings. The van der Waals surface area contributed by atoms with Gasteiger partial charge in [0, 0.05) is 19.1 Å². The van der Waals surface area contributed by atoms with Crippen LogP contribution in [0.1, 0.15) is 25.7 Å². The number of carbonyl (C=O) groups excluding carboxylic acids is 1. The summed E-state index contributed by atoms with van der Waals surface area (Å²) in [4.78, 5) is 13.5. The number of hydrogen-bond acceptors (Lipinski definition) is 2. The van der Waals surface area contributed by atoms with Crippen molar-refractivity contribution in [2.45, 2.75) is 31.7 Å². The summed E-state index contributed by atoms with van der Waals surface area (Å²) in [7, 11) is 0. The average Bonchev–Trinajstić information content (AvgIpc) is 2.30. The van der Waals surface area contributed by atoms with E-state index in [2.05, 4.69) is 10.2 Å². The number of carbonyl (C=O) groups is 1. The molecule has 0 aromatic carbocycles. The van der Waals surface area contributed by atoms with E-state index in [1.54, 1.807) is 0 Å². The first-order chi connectivity index (χ1) is 5.88. The lowest BCUT2D eigenvalue weighted by Crippen LogP contribution is -2.54. The van der Waals surface area contributed by atoms with Crippen LogP contribution in [0, 0.1) is 0 Å². The smallest absolute Gasteiger partial charge is 0.236 e. The predicted octanol–water partition coefficient (Wildman–Crippen LogP) is 0.361. The molecule has 2 fully saturated rings. The van der Waals surface area contributed by atoms with Crippen LogP contribution < -0.4 is 5.32 Å². The first-order valence-corrected chi connectivity index (χ1v) is 4.88. The van der Waals surface area contributed by atoms with Gasteiger partial charge in [-0.05, 0) is 12.8 Å². The monoisotopic (exact) mass is 168 g/mol. The molecule has 0 aliphatic carbocycles. The van der Waals surface area contributed by atoms with Gasteiger partial charge in [-0.2, -0.15) is 0 Å². The molecule has 3 nitrogen and oxygen atoms in total. The zero-order valence-electron chi connectivity index (χ0n) is 7.38. The molecular formula is C9H16N2O. The highest BCUT2D eigenvalue weighted by Gasteiger charge is 2.28. The van der Waals surface area contributed by atoms with Gasteiger partial charge >= 0.3 is 0 Å². The summed E-state index contributed by atoms with van der Waals surface area (Å²) < 4.78 is 0. The molecule has 0 bridgehead atoms. The Labute approximate surface area is 73.1 Å². The minimum Gasteiger partial charge on any atom is -0.337 e. The van der Waals surface area contributed by atoms with Gasteiger partial charge in [-0.3, -0.25) is 4.79 Å². The Morgan fingerprint density at radius 3 is 3.17 bits per heavy atom. The molecule has 2 aliphatic rings. The van der Waals surface area contributed by atoms with Gasteiger partial charge in [0.05, 0.1) is 6.54 Å². The van der Waals surface area contributed by atoms with Crippen molar-refractivity contribution < 1.29 is 4.79 Å². The SMILES string of the molecule is O=C1CNCC2CCCCCN12. The van der Waals surface area contributed by atoms with Crippen molar-refractivity contribution in [3.63, 3.8) is 0 Å². The zero-order valence-corrected chi connectivity index (χ0v) is 7.38. The lowest BCUT2D eigenvalue weighted by Gasteiger charge is -2.34. The Morgan fingerprint density at radius 1 is 1.33 bits per heavy atom. The van der Waals surface area contributed by atoms with E-state index in [4.69, 9.17) is 0 Å². The molecule has 2 aliphatic heterocycles. The lowest BCUT2D eigenvalue weighted by atomic mass is 10.1. The normalized spacial score (nSPS) is 31.2. The number of nitrogens with one attached hydrogen (secondary N) is 1. The largest absolute Gasteiger partial charge is 0.337 e. The van der Waals surface area contributed by atoms with Crippen molar-refractivity contribution in [1.82, 2.24) is 10.2 Å². The highest BCUT2D eigenvalue weighted by Crippen LogP contribution is 2.17. The van der Waals surface area contributed by atoms with Gasteiger partial charge < -0.3 is 10.2 Å². The summed E-state index contributed by atoms with van der Waals surface area (Å²) in [6, 6.07) is 0.494. The van der Waals surface area contributed by atoms with Crippen molar-refractivity contribution in [3.8, 4) is 0 Å². The second-order valence-electron chi connectivity index (χ2n) is 3.72. The quantitative estimate of drug-likeness (QED) is 0.566. The Bertz CT molecular complexity index is 181. The number of rotatable bonds is 0. The summed E-state index contributed by atoms with van der Waals surface area (Å²) in [5.74, 6) is 0.299. The second kappa shape index (κ2) is 3.44. The highest BCUT2D eigenvalue weighted by atomic mass is 16.2. The fraction of sp³-hybridized carbons (Fsp3) is 0.889. The van der Waals surface area contributed by atoms with Crippen LogP contribution in [-0.2, 0) is 4.79 Å². The maximum absolute atomic E-state index is 11.4. The fourth-order valence-electron chi connectivity index (χ4n) is 2.17. The third kappa shape index (κ3) is 1.46. The molecule has 0 radical (unpaired) electrons. The van der Waals surface area contributed by atoms with E-state index in [-0.39, 0.29) is 0 Å². The molecule has 12 heavy (non-hydrogen) atoms. The molecular weight excluding hydrogens is 152 g/mol. The second-order valence-corrected chi connectivity index (χ2v) is 3.72. The standard InChI is InChI=1S/C9H16N2O/c12-9-7-10-6-8-4-2-1-3-5-11(8)9/h8,10H,1-7H2. The minimum atomic E-state index is 0.299. The van der Waals surface area contributed by atoms with Crippen LogP contribution in [0.4, 0.5) is 0 Å². The minimum absolute atomic E-state index is 0.299. The molecule has 2 rings (SSSR count). The molecule has 3 heteroatoms. The van der Waals surface area contributed by atoms with Crippen LogP contribution in [0.3, 0.4) is 0 Å². The molecule has 0 aromatic heterocycles. The third-order valence-electron chi connectivity index (χ3n) is 2.85. The van der Waals surface area contributed by atoms with E-state index in [1.807, 2.05) is 0 Å². The molecule has 1 amide bonds.